The van der Waals surface area contributed by atoms with Gasteiger partial charge in [-0.15, -0.1) is 0 Å². The summed E-state index contributed by atoms with van der Waals surface area (Å²) in [7, 11) is 0. The lowest BCUT2D eigenvalue weighted by Gasteiger charge is -2.32. The molecule has 1 aromatic carbocycles. The number of carbonyl (C=O) groups excluding carboxylic acids is 1. The first-order valence-corrected chi connectivity index (χ1v) is 7.73. The van der Waals surface area contributed by atoms with Gasteiger partial charge in [-0.25, -0.2) is 0 Å². The molecule has 1 aromatic rings. The van der Waals surface area contributed by atoms with Gasteiger partial charge in [0.1, 0.15) is 5.75 Å². The van der Waals surface area contributed by atoms with Gasteiger partial charge in [0.2, 0.25) is 0 Å². The molecule has 0 saturated carbocycles. The first-order valence-electron chi connectivity index (χ1n) is 6.94. The molecule has 0 saturated heterocycles. The zero-order chi connectivity index (χ0) is 19.0. The number of nitrogens with one attached hydrogen (secondary N) is 1. The smallest absolute Gasteiger partial charge is 0.426 e. The van der Waals surface area contributed by atoms with E-state index in [1.807, 2.05) is 5.32 Å². The number of alkyl halides is 6. The van der Waals surface area contributed by atoms with Crippen molar-refractivity contribution in [2.24, 2.45) is 0 Å². The van der Waals surface area contributed by atoms with Crippen LogP contribution in [-0.4, -0.2) is 41.6 Å². The van der Waals surface area contributed by atoms with Crippen molar-refractivity contribution < 1.29 is 41.0 Å². The van der Waals surface area contributed by atoms with Crippen LogP contribution in [-0.2, 0) is 11.2 Å². The average Bonchev–Trinajstić information content (AvgIpc) is 2.87. The predicted octanol–water partition coefficient (Wildman–Crippen LogP) is 3.11. The topological polar surface area (TPSA) is 58.6 Å². The first kappa shape index (κ1) is 19.8. The lowest BCUT2D eigenvalue weighted by Crippen LogP contribution is -2.58. The summed E-state index contributed by atoms with van der Waals surface area (Å²) in [5.74, 6) is -0.454. The molecular formula is C14H12BrF6NO3. The molecule has 1 aliphatic heterocycles. The standard InChI is InChI=1S/C14H12BrF6NO3/c15-8-1-2-9-7(5-8)6-10(25-9)11(23)22-4-3-12(24,13(16,17)18)14(19,20)21/h1-2,5,10,24H,3-4,6H2,(H,22,23). The van der Waals surface area contributed by atoms with E-state index in [-0.39, 0.29) is 6.42 Å². The third kappa shape index (κ3) is 4.02. The summed E-state index contributed by atoms with van der Waals surface area (Å²) in [6.07, 6.45) is -14.5. The molecule has 1 unspecified atom stereocenters. The largest absolute Gasteiger partial charge is 0.480 e. The summed E-state index contributed by atoms with van der Waals surface area (Å²) in [6.45, 7) is -1.02. The van der Waals surface area contributed by atoms with Crippen molar-refractivity contribution in [3.8, 4) is 5.75 Å². The molecule has 1 amide bonds. The Morgan fingerprint density at radius 1 is 1.24 bits per heavy atom. The van der Waals surface area contributed by atoms with Gasteiger partial charge in [-0.1, -0.05) is 15.9 Å². The normalized spacial score (nSPS) is 17.8. The SMILES string of the molecule is O=C(NCCC(O)(C(F)(F)F)C(F)(F)F)C1Cc2cc(Br)ccc2O1. The van der Waals surface area contributed by atoms with E-state index in [1.54, 1.807) is 18.2 Å². The molecule has 25 heavy (non-hydrogen) atoms. The molecule has 1 heterocycles. The number of fused-ring (bicyclic) bond motifs is 1. The van der Waals surface area contributed by atoms with Gasteiger partial charge in [0.25, 0.3) is 11.5 Å². The van der Waals surface area contributed by atoms with Crippen LogP contribution in [0.1, 0.15) is 12.0 Å². The van der Waals surface area contributed by atoms with Crippen molar-refractivity contribution in [2.75, 3.05) is 6.54 Å². The van der Waals surface area contributed by atoms with Gasteiger partial charge in [-0.05, 0) is 23.8 Å². The monoisotopic (exact) mass is 435 g/mol. The van der Waals surface area contributed by atoms with Gasteiger partial charge in [-0.3, -0.25) is 4.79 Å². The van der Waals surface area contributed by atoms with Crippen LogP contribution in [0.4, 0.5) is 26.3 Å². The minimum absolute atomic E-state index is 0.128. The lowest BCUT2D eigenvalue weighted by atomic mass is 9.98. The second-order valence-corrected chi connectivity index (χ2v) is 6.38. The molecule has 1 atom stereocenters. The van der Waals surface area contributed by atoms with Gasteiger partial charge >= 0.3 is 12.4 Å². The highest BCUT2D eigenvalue weighted by molar-refractivity contribution is 9.10. The molecule has 0 fully saturated rings. The van der Waals surface area contributed by atoms with Gasteiger partial charge in [0.15, 0.2) is 6.10 Å². The minimum Gasteiger partial charge on any atom is -0.480 e. The van der Waals surface area contributed by atoms with Gasteiger partial charge in [0, 0.05) is 23.9 Å². The summed E-state index contributed by atoms with van der Waals surface area (Å²) in [4.78, 5) is 11.9. The highest BCUT2D eigenvalue weighted by Crippen LogP contribution is 2.45. The highest BCUT2D eigenvalue weighted by atomic mass is 79.9. The Morgan fingerprint density at radius 2 is 1.84 bits per heavy atom. The third-order valence-electron chi connectivity index (χ3n) is 3.71. The number of hydrogen-bond acceptors (Lipinski definition) is 3. The Kier molecular flexibility index (Phi) is 5.29. The number of rotatable bonds is 4. The number of ether oxygens (including phenoxy) is 1. The van der Waals surface area contributed by atoms with Crippen LogP contribution in [0.15, 0.2) is 22.7 Å². The Labute approximate surface area is 146 Å². The van der Waals surface area contributed by atoms with Crippen LogP contribution in [0.3, 0.4) is 0 Å². The molecule has 4 nitrogen and oxygen atoms in total. The quantitative estimate of drug-likeness (QED) is 0.714. The number of benzene rings is 1. The van der Waals surface area contributed by atoms with E-state index in [2.05, 4.69) is 15.9 Å². The van der Waals surface area contributed by atoms with E-state index in [0.29, 0.717) is 11.3 Å². The van der Waals surface area contributed by atoms with E-state index < -0.39 is 42.9 Å². The van der Waals surface area contributed by atoms with E-state index >= 15 is 0 Å². The highest BCUT2D eigenvalue weighted by Gasteiger charge is 2.69. The molecular weight excluding hydrogens is 424 g/mol. The first-order chi connectivity index (χ1) is 11.3. The van der Waals surface area contributed by atoms with Crippen molar-refractivity contribution in [1.82, 2.24) is 5.32 Å². The Bertz CT molecular complexity index is 647. The summed E-state index contributed by atoms with van der Waals surface area (Å²) < 4.78 is 81.2. The molecule has 1 aliphatic rings. The number of halogens is 7. The average molecular weight is 436 g/mol. The Balaban J connectivity index is 1.95. The van der Waals surface area contributed by atoms with E-state index in [0.717, 1.165) is 4.47 Å². The van der Waals surface area contributed by atoms with Crippen molar-refractivity contribution in [3.05, 3.63) is 28.2 Å². The fourth-order valence-electron chi connectivity index (χ4n) is 2.29. The molecule has 0 radical (unpaired) electrons. The maximum atomic E-state index is 12.5. The van der Waals surface area contributed by atoms with Crippen LogP contribution < -0.4 is 10.1 Å². The fourth-order valence-corrected chi connectivity index (χ4v) is 2.70. The van der Waals surface area contributed by atoms with Gasteiger partial charge < -0.3 is 15.2 Å². The van der Waals surface area contributed by atoms with Crippen LogP contribution in [0.25, 0.3) is 0 Å². The predicted molar refractivity (Wildman–Crippen MR) is 76.9 cm³/mol. The molecule has 11 heteroatoms. The van der Waals surface area contributed by atoms with Gasteiger partial charge in [0.05, 0.1) is 0 Å². The minimum atomic E-state index is -5.91. The number of amides is 1. The maximum Gasteiger partial charge on any atom is 0.426 e. The third-order valence-corrected chi connectivity index (χ3v) is 4.21. The summed E-state index contributed by atoms with van der Waals surface area (Å²) in [6, 6.07) is 4.93. The Morgan fingerprint density at radius 3 is 2.40 bits per heavy atom. The van der Waals surface area contributed by atoms with Crippen molar-refractivity contribution in [1.29, 1.82) is 0 Å². The molecule has 140 valence electrons. The fraction of sp³-hybridized carbons (Fsp3) is 0.500. The summed E-state index contributed by atoms with van der Waals surface area (Å²) in [5.41, 5.74) is -4.21. The molecule has 0 bridgehead atoms. The lowest BCUT2D eigenvalue weighted by molar-refractivity contribution is -0.369. The molecule has 2 rings (SSSR count). The van der Waals surface area contributed by atoms with E-state index in [9.17, 15) is 31.1 Å². The second-order valence-electron chi connectivity index (χ2n) is 5.46. The number of hydrogen-bond donors (Lipinski definition) is 2. The van der Waals surface area contributed by atoms with Crippen LogP contribution in [0, 0.1) is 0 Å². The van der Waals surface area contributed by atoms with Crippen LogP contribution in [0.2, 0.25) is 0 Å². The molecule has 0 aromatic heterocycles. The molecule has 0 aliphatic carbocycles. The van der Waals surface area contributed by atoms with Crippen molar-refractivity contribution in [2.45, 2.75) is 36.9 Å². The van der Waals surface area contributed by atoms with Crippen molar-refractivity contribution >= 4 is 21.8 Å². The Hall–Kier alpha value is -1.49. The molecule has 0 spiro atoms. The van der Waals surface area contributed by atoms with Crippen LogP contribution >= 0.6 is 15.9 Å². The summed E-state index contributed by atoms with van der Waals surface area (Å²) in [5, 5.41) is 10.9. The zero-order valence-electron chi connectivity index (χ0n) is 12.3. The molecule has 2 N–H and O–H groups in total. The number of carbonyl (C=O) groups is 1. The maximum absolute atomic E-state index is 12.5. The summed E-state index contributed by atoms with van der Waals surface area (Å²) >= 11 is 3.23. The van der Waals surface area contributed by atoms with Crippen molar-refractivity contribution in [3.63, 3.8) is 0 Å². The zero-order valence-corrected chi connectivity index (χ0v) is 13.9. The van der Waals surface area contributed by atoms with E-state index in [1.165, 1.54) is 0 Å². The van der Waals surface area contributed by atoms with Gasteiger partial charge in [-0.2, -0.15) is 26.3 Å². The van der Waals surface area contributed by atoms with E-state index in [4.69, 9.17) is 9.84 Å². The second kappa shape index (κ2) is 6.67. The van der Waals surface area contributed by atoms with Crippen LogP contribution in [0.5, 0.6) is 5.75 Å². The number of aliphatic hydroxyl groups is 1.